The van der Waals surface area contributed by atoms with Gasteiger partial charge in [-0.15, -0.1) is 0 Å². The predicted octanol–water partition coefficient (Wildman–Crippen LogP) is 3.00. The lowest BCUT2D eigenvalue weighted by molar-refractivity contribution is 0.0984. The van der Waals surface area contributed by atoms with Crippen LogP contribution in [0.4, 0.5) is 26.5 Å². The number of rotatable bonds is 5. The van der Waals surface area contributed by atoms with Crippen LogP contribution in [0.15, 0.2) is 36.8 Å². The molecule has 0 aliphatic carbocycles. The van der Waals surface area contributed by atoms with E-state index in [-0.39, 0.29) is 17.9 Å². The Labute approximate surface area is 208 Å². The zero-order valence-corrected chi connectivity index (χ0v) is 20.4. The lowest BCUT2D eigenvalue weighted by atomic mass is 10.0. The van der Waals surface area contributed by atoms with Gasteiger partial charge in [0.2, 0.25) is 0 Å². The number of urea groups is 1. The van der Waals surface area contributed by atoms with Crippen LogP contribution in [0.3, 0.4) is 0 Å². The molecule has 4 heterocycles. The summed E-state index contributed by atoms with van der Waals surface area (Å²) in [5.41, 5.74) is 3.43. The molecular weight excluding hydrogens is 463 g/mol. The van der Waals surface area contributed by atoms with Crippen LogP contribution in [-0.2, 0) is 17.7 Å². The number of aromatic nitrogens is 4. The third-order valence-corrected chi connectivity index (χ3v) is 6.37. The van der Waals surface area contributed by atoms with Gasteiger partial charge in [-0.05, 0) is 44.5 Å². The maximum absolute atomic E-state index is 14.4. The Bertz CT molecular complexity index is 1240. The predicted molar refractivity (Wildman–Crippen MR) is 135 cm³/mol. The van der Waals surface area contributed by atoms with Crippen molar-refractivity contribution < 1.29 is 13.9 Å². The SMILES string of the molecule is CCNC(=O)Nc1ccc(-c2nc3c(c(N4CCOCC4C)n2)CCN(c2ncncc2F)C3)cc1. The summed E-state index contributed by atoms with van der Waals surface area (Å²) in [4.78, 5) is 33.9. The quantitative estimate of drug-likeness (QED) is 0.560. The lowest BCUT2D eigenvalue weighted by Gasteiger charge is -2.38. The van der Waals surface area contributed by atoms with E-state index < -0.39 is 5.82 Å². The molecule has 0 spiro atoms. The molecule has 3 aromatic rings. The van der Waals surface area contributed by atoms with E-state index in [1.165, 1.54) is 12.5 Å². The normalized spacial score (nSPS) is 17.5. The minimum absolute atomic E-state index is 0.173. The van der Waals surface area contributed by atoms with Crippen molar-refractivity contribution >= 4 is 23.4 Å². The largest absolute Gasteiger partial charge is 0.377 e. The fourth-order valence-electron chi connectivity index (χ4n) is 4.58. The van der Waals surface area contributed by atoms with Crippen LogP contribution in [0.2, 0.25) is 0 Å². The third-order valence-electron chi connectivity index (χ3n) is 6.37. The summed E-state index contributed by atoms with van der Waals surface area (Å²) in [5, 5.41) is 5.52. The number of carbonyl (C=O) groups is 1. The summed E-state index contributed by atoms with van der Waals surface area (Å²) in [5.74, 6) is 1.31. The van der Waals surface area contributed by atoms with E-state index in [1.54, 1.807) is 0 Å². The Morgan fingerprint density at radius 2 is 2.03 bits per heavy atom. The molecule has 1 fully saturated rings. The number of hydrogen-bond donors (Lipinski definition) is 2. The number of morpholine rings is 1. The van der Waals surface area contributed by atoms with Crippen LogP contribution in [0.5, 0.6) is 0 Å². The maximum atomic E-state index is 14.4. The summed E-state index contributed by atoms with van der Waals surface area (Å²) in [6.45, 7) is 7.57. The topological polar surface area (TPSA) is 108 Å². The molecule has 2 N–H and O–H groups in total. The Kier molecular flexibility index (Phi) is 6.90. The van der Waals surface area contributed by atoms with E-state index in [2.05, 4.69) is 32.4 Å². The molecule has 2 aromatic heterocycles. The molecule has 188 valence electrons. The zero-order valence-electron chi connectivity index (χ0n) is 20.4. The molecule has 1 unspecified atom stereocenters. The van der Waals surface area contributed by atoms with Crippen LogP contribution >= 0.6 is 0 Å². The second-order valence-electron chi connectivity index (χ2n) is 8.84. The van der Waals surface area contributed by atoms with Gasteiger partial charge >= 0.3 is 6.03 Å². The number of amides is 2. The van der Waals surface area contributed by atoms with Crippen molar-refractivity contribution in [1.82, 2.24) is 25.3 Å². The molecule has 0 saturated carbocycles. The second kappa shape index (κ2) is 10.4. The molecule has 1 atom stereocenters. The molecule has 11 heteroatoms. The Balaban J connectivity index is 1.51. The van der Waals surface area contributed by atoms with Gasteiger partial charge in [-0.2, -0.15) is 0 Å². The van der Waals surface area contributed by atoms with Gasteiger partial charge in [0.05, 0.1) is 37.7 Å². The van der Waals surface area contributed by atoms with Crippen molar-refractivity contribution in [2.45, 2.75) is 32.9 Å². The molecule has 10 nitrogen and oxygen atoms in total. The van der Waals surface area contributed by atoms with Crippen LogP contribution in [-0.4, -0.2) is 64.9 Å². The summed E-state index contributed by atoms with van der Waals surface area (Å²) in [6.07, 6.45) is 3.21. The fraction of sp³-hybridized carbons (Fsp3) is 0.400. The van der Waals surface area contributed by atoms with Crippen molar-refractivity contribution in [3.05, 3.63) is 53.9 Å². The monoisotopic (exact) mass is 492 g/mol. The Morgan fingerprint density at radius 3 is 2.78 bits per heavy atom. The van der Waals surface area contributed by atoms with Gasteiger partial charge < -0.3 is 25.2 Å². The molecular formula is C25H29FN8O2. The fourth-order valence-corrected chi connectivity index (χ4v) is 4.58. The van der Waals surface area contributed by atoms with Crippen LogP contribution in [0.1, 0.15) is 25.1 Å². The van der Waals surface area contributed by atoms with Gasteiger partial charge in [-0.3, -0.25) is 0 Å². The van der Waals surface area contributed by atoms with Gasteiger partial charge in [-0.25, -0.2) is 29.1 Å². The molecule has 2 aliphatic rings. The standard InChI is InChI=1S/C25H29FN8O2/c1-3-28-25(35)30-18-6-4-17(5-7-18)22-31-21-13-33(24-20(26)12-27-15-29-24)9-8-19(21)23(32-22)34-10-11-36-14-16(34)2/h4-7,12,15-16H,3,8-11,13-14H2,1-2H3,(H2,28,30,35). The van der Waals surface area contributed by atoms with Crippen molar-refractivity contribution in [2.75, 3.05) is 48.0 Å². The molecule has 36 heavy (non-hydrogen) atoms. The van der Waals surface area contributed by atoms with Crippen LogP contribution in [0.25, 0.3) is 11.4 Å². The van der Waals surface area contributed by atoms with Gasteiger partial charge in [0.15, 0.2) is 17.5 Å². The highest BCUT2D eigenvalue weighted by molar-refractivity contribution is 5.89. The van der Waals surface area contributed by atoms with E-state index >= 15 is 0 Å². The number of fused-ring (bicyclic) bond motifs is 1. The summed E-state index contributed by atoms with van der Waals surface area (Å²) in [7, 11) is 0. The number of ether oxygens (including phenoxy) is 1. The zero-order chi connectivity index (χ0) is 25.1. The summed E-state index contributed by atoms with van der Waals surface area (Å²) < 4.78 is 20.1. The molecule has 0 radical (unpaired) electrons. The first-order chi connectivity index (χ1) is 17.5. The first kappa shape index (κ1) is 23.9. The summed E-state index contributed by atoms with van der Waals surface area (Å²) in [6, 6.07) is 7.35. The van der Waals surface area contributed by atoms with Crippen LogP contribution in [0, 0.1) is 5.82 Å². The first-order valence-corrected chi connectivity index (χ1v) is 12.1. The number of anilines is 3. The highest BCUT2D eigenvalue weighted by Gasteiger charge is 2.30. The van der Waals surface area contributed by atoms with Crippen molar-refractivity contribution in [3.8, 4) is 11.4 Å². The molecule has 5 rings (SSSR count). The average molecular weight is 493 g/mol. The smallest absolute Gasteiger partial charge is 0.319 e. The van der Waals surface area contributed by atoms with E-state index in [4.69, 9.17) is 14.7 Å². The maximum Gasteiger partial charge on any atom is 0.319 e. The Morgan fingerprint density at radius 1 is 1.19 bits per heavy atom. The minimum atomic E-state index is -0.451. The van der Waals surface area contributed by atoms with E-state index in [0.717, 1.165) is 29.2 Å². The van der Waals surface area contributed by atoms with Gasteiger partial charge in [-0.1, -0.05) is 0 Å². The molecule has 0 bridgehead atoms. The van der Waals surface area contributed by atoms with Crippen molar-refractivity contribution in [3.63, 3.8) is 0 Å². The average Bonchev–Trinajstić information content (AvgIpc) is 2.89. The highest BCUT2D eigenvalue weighted by atomic mass is 19.1. The lowest BCUT2D eigenvalue weighted by Crippen LogP contribution is -2.45. The number of carbonyl (C=O) groups excluding carboxylic acids is 1. The van der Waals surface area contributed by atoms with Gasteiger partial charge in [0.25, 0.3) is 0 Å². The number of benzene rings is 1. The number of halogens is 1. The van der Waals surface area contributed by atoms with E-state index in [9.17, 15) is 9.18 Å². The second-order valence-corrected chi connectivity index (χ2v) is 8.84. The van der Waals surface area contributed by atoms with E-state index in [0.29, 0.717) is 50.8 Å². The summed E-state index contributed by atoms with van der Waals surface area (Å²) >= 11 is 0. The third kappa shape index (κ3) is 4.92. The number of hydrogen-bond acceptors (Lipinski definition) is 8. The minimum Gasteiger partial charge on any atom is -0.377 e. The Hall–Kier alpha value is -3.86. The molecule has 2 aliphatic heterocycles. The molecule has 1 saturated heterocycles. The van der Waals surface area contributed by atoms with Crippen molar-refractivity contribution in [2.24, 2.45) is 0 Å². The molecule has 1 aromatic carbocycles. The number of nitrogens with zero attached hydrogens (tertiary/aromatic N) is 6. The number of nitrogens with one attached hydrogen (secondary N) is 2. The van der Waals surface area contributed by atoms with Gasteiger partial charge in [0, 0.05) is 36.4 Å². The van der Waals surface area contributed by atoms with Gasteiger partial charge in [0.1, 0.15) is 12.1 Å². The first-order valence-electron chi connectivity index (χ1n) is 12.1. The molecule has 2 amide bonds. The van der Waals surface area contributed by atoms with Crippen LogP contribution < -0.4 is 20.4 Å². The van der Waals surface area contributed by atoms with E-state index in [1.807, 2.05) is 36.1 Å². The highest BCUT2D eigenvalue weighted by Crippen LogP contribution is 2.33. The van der Waals surface area contributed by atoms with Crippen molar-refractivity contribution in [1.29, 1.82) is 0 Å².